The van der Waals surface area contributed by atoms with Crippen molar-refractivity contribution in [3.8, 4) is 5.88 Å². The smallest absolute Gasteiger partial charge is 0.232 e. The Morgan fingerprint density at radius 3 is 2.94 bits per heavy atom. The van der Waals surface area contributed by atoms with Gasteiger partial charge in [-0.15, -0.1) is 0 Å². The standard InChI is InChI=1S/C11H9BrIN3O/c1-17-10-9(12)6-14-11(16-10)15-8-4-2-3-7(13)5-8/h2-6H,1H3,(H,14,15,16). The Bertz CT molecular complexity index is 536. The molecule has 4 nitrogen and oxygen atoms in total. The van der Waals surface area contributed by atoms with Gasteiger partial charge in [-0.05, 0) is 56.7 Å². The fourth-order valence-electron chi connectivity index (χ4n) is 1.25. The van der Waals surface area contributed by atoms with Crippen LogP contribution in [0.5, 0.6) is 5.88 Å². The van der Waals surface area contributed by atoms with E-state index >= 15 is 0 Å². The van der Waals surface area contributed by atoms with Crippen LogP contribution in [0.25, 0.3) is 0 Å². The number of aromatic nitrogens is 2. The summed E-state index contributed by atoms with van der Waals surface area (Å²) in [5.74, 6) is 1.01. The van der Waals surface area contributed by atoms with Crippen molar-refractivity contribution in [1.29, 1.82) is 0 Å². The van der Waals surface area contributed by atoms with Crippen molar-refractivity contribution in [3.05, 3.63) is 38.5 Å². The molecule has 1 heterocycles. The van der Waals surface area contributed by atoms with Gasteiger partial charge < -0.3 is 10.1 Å². The maximum Gasteiger partial charge on any atom is 0.232 e. The summed E-state index contributed by atoms with van der Waals surface area (Å²) in [5.41, 5.74) is 0.946. The third kappa shape index (κ3) is 3.29. The fourth-order valence-corrected chi connectivity index (χ4v) is 2.15. The van der Waals surface area contributed by atoms with Gasteiger partial charge in [0.15, 0.2) is 0 Å². The Kier molecular flexibility index (Phi) is 4.16. The lowest BCUT2D eigenvalue weighted by molar-refractivity contribution is 0.394. The minimum absolute atomic E-state index is 0.507. The average molecular weight is 406 g/mol. The van der Waals surface area contributed by atoms with Crippen molar-refractivity contribution < 1.29 is 4.74 Å². The third-order valence-corrected chi connectivity index (χ3v) is 3.20. The molecule has 1 N–H and O–H groups in total. The zero-order valence-corrected chi connectivity index (χ0v) is 12.7. The van der Waals surface area contributed by atoms with E-state index in [-0.39, 0.29) is 0 Å². The molecule has 0 aliphatic heterocycles. The van der Waals surface area contributed by atoms with Crippen LogP contribution in [0, 0.1) is 3.57 Å². The third-order valence-electron chi connectivity index (χ3n) is 1.99. The van der Waals surface area contributed by atoms with Gasteiger partial charge >= 0.3 is 0 Å². The van der Waals surface area contributed by atoms with Crippen molar-refractivity contribution in [3.63, 3.8) is 0 Å². The van der Waals surface area contributed by atoms with Gasteiger partial charge in [0, 0.05) is 9.26 Å². The minimum Gasteiger partial charge on any atom is -0.480 e. The highest BCUT2D eigenvalue weighted by Crippen LogP contribution is 2.23. The molecule has 0 radical (unpaired) electrons. The first-order chi connectivity index (χ1) is 8.19. The molecule has 0 saturated heterocycles. The summed E-state index contributed by atoms with van der Waals surface area (Å²) in [4.78, 5) is 8.38. The first kappa shape index (κ1) is 12.6. The van der Waals surface area contributed by atoms with Crippen molar-refractivity contribution in [2.24, 2.45) is 0 Å². The number of methoxy groups -OCH3 is 1. The molecule has 1 aromatic heterocycles. The van der Waals surface area contributed by atoms with E-state index in [0.717, 1.165) is 13.7 Å². The Morgan fingerprint density at radius 1 is 1.41 bits per heavy atom. The topological polar surface area (TPSA) is 47.0 Å². The van der Waals surface area contributed by atoms with Crippen LogP contribution in [-0.4, -0.2) is 17.1 Å². The molecule has 1 aromatic carbocycles. The van der Waals surface area contributed by atoms with E-state index < -0.39 is 0 Å². The van der Waals surface area contributed by atoms with Gasteiger partial charge in [0.25, 0.3) is 0 Å². The van der Waals surface area contributed by atoms with E-state index in [9.17, 15) is 0 Å². The van der Waals surface area contributed by atoms with Gasteiger partial charge in [-0.1, -0.05) is 6.07 Å². The molecule has 88 valence electrons. The van der Waals surface area contributed by atoms with Crippen molar-refractivity contribution in [1.82, 2.24) is 9.97 Å². The van der Waals surface area contributed by atoms with Gasteiger partial charge in [-0.25, -0.2) is 4.98 Å². The van der Waals surface area contributed by atoms with Gasteiger partial charge in [-0.2, -0.15) is 4.98 Å². The Labute approximate surface area is 121 Å². The molecule has 0 amide bonds. The van der Waals surface area contributed by atoms with E-state index in [1.165, 1.54) is 0 Å². The lowest BCUT2D eigenvalue weighted by Gasteiger charge is -2.07. The monoisotopic (exact) mass is 405 g/mol. The normalized spacial score (nSPS) is 10.1. The van der Waals surface area contributed by atoms with Crippen LogP contribution >= 0.6 is 38.5 Å². The van der Waals surface area contributed by atoms with Crippen LogP contribution in [-0.2, 0) is 0 Å². The molecular weight excluding hydrogens is 397 g/mol. The number of halogens is 2. The summed E-state index contributed by atoms with van der Waals surface area (Å²) in [6.07, 6.45) is 1.65. The molecule has 0 aliphatic rings. The zero-order valence-electron chi connectivity index (χ0n) is 8.95. The minimum atomic E-state index is 0.507. The van der Waals surface area contributed by atoms with Crippen molar-refractivity contribution >= 4 is 50.2 Å². The summed E-state index contributed by atoms with van der Waals surface area (Å²) < 4.78 is 6.99. The van der Waals surface area contributed by atoms with Crippen LogP contribution in [0.3, 0.4) is 0 Å². The van der Waals surface area contributed by atoms with E-state index in [4.69, 9.17) is 4.74 Å². The molecule has 0 aliphatic carbocycles. The zero-order chi connectivity index (χ0) is 12.3. The number of anilines is 2. The number of hydrogen-bond acceptors (Lipinski definition) is 4. The second-order valence-corrected chi connectivity index (χ2v) is 5.29. The summed E-state index contributed by atoms with van der Waals surface area (Å²) in [6.45, 7) is 0. The molecule has 0 unspecified atom stereocenters. The molecule has 0 spiro atoms. The molecule has 2 aromatic rings. The Hall–Kier alpha value is -0.890. The van der Waals surface area contributed by atoms with Crippen LogP contribution in [0.15, 0.2) is 34.9 Å². The van der Waals surface area contributed by atoms with E-state index in [0.29, 0.717) is 11.8 Å². The van der Waals surface area contributed by atoms with E-state index in [1.807, 2.05) is 24.3 Å². The van der Waals surface area contributed by atoms with Gasteiger partial charge in [0.1, 0.15) is 0 Å². The Morgan fingerprint density at radius 2 is 2.24 bits per heavy atom. The molecule has 0 saturated carbocycles. The second kappa shape index (κ2) is 5.63. The van der Waals surface area contributed by atoms with Gasteiger partial charge in [0.05, 0.1) is 17.8 Å². The number of hydrogen-bond donors (Lipinski definition) is 1. The largest absolute Gasteiger partial charge is 0.480 e. The highest BCUT2D eigenvalue weighted by Gasteiger charge is 2.05. The molecule has 0 fully saturated rings. The molecule has 17 heavy (non-hydrogen) atoms. The average Bonchev–Trinajstić information content (AvgIpc) is 2.32. The van der Waals surface area contributed by atoms with Crippen molar-refractivity contribution in [2.45, 2.75) is 0 Å². The van der Waals surface area contributed by atoms with E-state index in [1.54, 1.807) is 13.3 Å². The number of nitrogens with one attached hydrogen (secondary N) is 1. The van der Waals surface area contributed by atoms with Crippen LogP contribution in [0.1, 0.15) is 0 Å². The second-order valence-electron chi connectivity index (χ2n) is 3.19. The van der Waals surface area contributed by atoms with Gasteiger partial charge in [-0.3, -0.25) is 0 Å². The predicted molar refractivity (Wildman–Crippen MR) is 78.7 cm³/mol. The first-order valence-electron chi connectivity index (χ1n) is 4.78. The number of rotatable bonds is 3. The van der Waals surface area contributed by atoms with E-state index in [2.05, 4.69) is 53.8 Å². The lowest BCUT2D eigenvalue weighted by Crippen LogP contribution is -1.99. The predicted octanol–water partition coefficient (Wildman–Crippen LogP) is 3.60. The molecular formula is C11H9BrIN3O. The summed E-state index contributed by atoms with van der Waals surface area (Å²) >= 11 is 5.56. The van der Waals surface area contributed by atoms with Crippen LogP contribution in [0.4, 0.5) is 11.6 Å². The summed E-state index contributed by atoms with van der Waals surface area (Å²) in [5, 5.41) is 3.12. The highest BCUT2D eigenvalue weighted by atomic mass is 127. The Balaban J connectivity index is 2.24. The summed E-state index contributed by atoms with van der Waals surface area (Å²) in [7, 11) is 1.57. The number of benzene rings is 1. The molecule has 2 rings (SSSR count). The molecule has 0 atom stereocenters. The summed E-state index contributed by atoms with van der Waals surface area (Å²) in [6, 6.07) is 7.97. The molecule has 0 bridgehead atoms. The van der Waals surface area contributed by atoms with Crippen LogP contribution in [0.2, 0.25) is 0 Å². The maximum absolute atomic E-state index is 5.11. The fraction of sp³-hybridized carbons (Fsp3) is 0.0909. The number of ether oxygens (including phenoxy) is 1. The maximum atomic E-state index is 5.11. The van der Waals surface area contributed by atoms with Crippen LogP contribution < -0.4 is 10.1 Å². The van der Waals surface area contributed by atoms with Crippen molar-refractivity contribution in [2.75, 3.05) is 12.4 Å². The highest BCUT2D eigenvalue weighted by molar-refractivity contribution is 14.1. The first-order valence-corrected chi connectivity index (χ1v) is 6.65. The SMILES string of the molecule is COc1nc(Nc2cccc(I)c2)ncc1Br. The molecule has 6 heteroatoms. The van der Waals surface area contributed by atoms with Gasteiger partial charge in [0.2, 0.25) is 11.8 Å². The lowest BCUT2D eigenvalue weighted by atomic mass is 10.3. The number of nitrogens with zero attached hydrogens (tertiary/aromatic N) is 2. The quantitative estimate of drug-likeness (QED) is 0.792.